The number of nitrogens with one attached hydrogen (secondary N) is 1. The number of phosphoric acid groups is 1. The zero-order valence-electron chi connectivity index (χ0n) is 32.6. The van der Waals surface area contributed by atoms with Crippen LogP contribution in [-0.2, 0) is 18.4 Å². The Morgan fingerprint density at radius 2 is 1.14 bits per heavy atom. The maximum Gasteiger partial charge on any atom is 0.472 e. The maximum atomic E-state index is 12.7. The summed E-state index contributed by atoms with van der Waals surface area (Å²) in [4.78, 5) is 22.6. The molecule has 0 bridgehead atoms. The van der Waals surface area contributed by atoms with Gasteiger partial charge in [0.05, 0.1) is 25.4 Å². The second kappa shape index (κ2) is 37.9. The molecule has 0 radical (unpaired) electrons. The SMILES string of the molecule is CC/C=C\C/C=C\C/C=C\C/C=C\CCCCCCCCCCCCC(=O)NC(COP(=O)(O)OCCN)C(O)/C=C/CCCCCCCCC. The van der Waals surface area contributed by atoms with E-state index in [9.17, 15) is 19.4 Å². The van der Waals surface area contributed by atoms with Crippen molar-refractivity contribution in [2.45, 2.75) is 180 Å². The van der Waals surface area contributed by atoms with Crippen molar-refractivity contribution in [1.82, 2.24) is 5.32 Å². The van der Waals surface area contributed by atoms with Crippen molar-refractivity contribution < 1.29 is 28.4 Å². The predicted molar refractivity (Wildman–Crippen MR) is 217 cm³/mol. The Hall–Kier alpha value is -1.80. The first-order chi connectivity index (χ1) is 24.9. The Bertz CT molecular complexity index is 980. The summed E-state index contributed by atoms with van der Waals surface area (Å²) in [6.45, 7) is 3.97. The van der Waals surface area contributed by atoms with Gasteiger partial charge >= 0.3 is 7.82 Å². The second-order valence-electron chi connectivity index (χ2n) is 13.5. The molecule has 3 unspecified atom stereocenters. The molecule has 0 saturated heterocycles. The number of amides is 1. The van der Waals surface area contributed by atoms with Gasteiger partial charge < -0.3 is 21.1 Å². The third-order valence-corrected chi connectivity index (χ3v) is 9.58. The van der Waals surface area contributed by atoms with Gasteiger partial charge in [0.1, 0.15) is 0 Å². The van der Waals surface area contributed by atoms with Crippen LogP contribution in [0.25, 0.3) is 0 Å². The molecule has 5 N–H and O–H groups in total. The molecule has 3 atom stereocenters. The van der Waals surface area contributed by atoms with E-state index in [1.54, 1.807) is 6.08 Å². The van der Waals surface area contributed by atoms with E-state index in [0.29, 0.717) is 6.42 Å². The van der Waals surface area contributed by atoms with Gasteiger partial charge in [-0.3, -0.25) is 13.8 Å². The minimum Gasteiger partial charge on any atom is -0.387 e. The topological polar surface area (TPSA) is 131 Å². The first-order valence-corrected chi connectivity index (χ1v) is 21.9. The lowest BCUT2D eigenvalue weighted by Crippen LogP contribution is -2.45. The summed E-state index contributed by atoms with van der Waals surface area (Å²) in [7, 11) is -4.33. The number of rotatable bonds is 37. The molecule has 0 aromatic heterocycles. The summed E-state index contributed by atoms with van der Waals surface area (Å²) in [5.74, 6) is -0.205. The summed E-state index contributed by atoms with van der Waals surface area (Å²) < 4.78 is 22.0. The molecule has 0 aliphatic heterocycles. The third-order valence-electron chi connectivity index (χ3n) is 8.60. The highest BCUT2D eigenvalue weighted by atomic mass is 31.2. The lowest BCUT2D eigenvalue weighted by Gasteiger charge is -2.23. The van der Waals surface area contributed by atoms with Crippen molar-refractivity contribution in [2.75, 3.05) is 19.8 Å². The largest absolute Gasteiger partial charge is 0.472 e. The average Bonchev–Trinajstić information content (AvgIpc) is 3.12. The number of nitrogens with two attached hydrogens (primary N) is 1. The number of unbranched alkanes of at least 4 members (excludes halogenated alkanes) is 17. The molecule has 9 heteroatoms. The Morgan fingerprint density at radius 1 is 0.667 bits per heavy atom. The van der Waals surface area contributed by atoms with E-state index < -0.39 is 20.0 Å². The molecule has 0 aliphatic rings. The molecule has 0 fully saturated rings. The number of allylic oxidation sites excluding steroid dienone is 9. The van der Waals surface area contributed by atoms with Gasteiger partial charge in [-0.05, 0) is 57.8 Å². The monoisotopic (exact) mass is 737 g/mol. The van der Waals surface area contributed by atoms with Gasteiger partial charge in [-0.1, -0.05) is 164 Å². The van der Waals surface area contributed by atoms with E-state index in [4.69, 9.17) is 14.8 Å². The number of aliphatic hydroxyl groups is 1. The highest BCUT2D eigenvalue weighted by Crippen LogP contribution is 2.43. The summed E-state index contributed by atoms with van der Waals surface area (Å²) in [5, 5.41) is 13.6. The third kappa shape index (κ3) is 36.4. The molecule has 0 aliphatic carbocycles. The molecule has 1 amide bonds. The van der Waals surface area contributed by atoms with Crippen LogP contribution in [0.3, 0.4) is 0 Å². The molecule has 0 rings (SSSR count). The lowest BCUT2D eigenvalue weighted by molar-refractivity contribution is -0.123. The van der Waals surface area contributed by atoms with Crippen LogP contribution in [0.2, 0.25) is 0 Å². The molecular weight excluding hydrogens is 659 g/mol. The predicted octanol–water partition coefficient (Wildman–Crippen LogP) is 11.1. The van der Waals surface area contributed by atoms with Gasteiger partial charge in [0.2, 0.25) is 5.91 Å². The van der Waals surface area contributed by atoms with E-state index >= 15 is 0 Å². The minimum absolute atomic E-state index is 0.0752. The van der Waals surface area contributed by atoms with Crippen LogP contribution in [0.5, 0.6) is 0 Å². The van der Waals surface area contributed by atoms with Gasteiger partial charge in [0.15, 0.2) is 0 Å². The van der Waals surface area contributed by atoms with E-state index in [-0.39, 0.29) is 25.7 Å². The summed E-state index contributed by atoms with van der Waals surface area (Å²) >= 11 is 0. The van der Waals surface area contributed by atoms with Gasteiger partial charge in [-0.15, -0.1) is 0 Å². The van der Waals surface area contributed by atoms with Crippen molar-refractivity contribution in [3.05, 3.63) is 60.8 Å². The van der Waals surface area contributed by atoms with Crippen molar-refractivity contribution in [3.8, 4) is 0 Å². The number of hydrogen-bond acceptors (Lipinski definition) is 6. The van der Waals surface area contributed by atoms with Crippen molar-refractivity contribution in [3.63, 3.8) is 0 Å². The fraction of sp³-hybridized carbons (Fsp3) is 0.738. The van der Waals surface area contributed by atoms with E-state index in [1.807, 2.05) is 6.08 Å². The smallest absolute Gasteiger partial charge is 0.387 e. The zero-order valence-corrected chi connectivity index (χ0v) is 33.5. The van der Waals surface area contributed by atoms with E-state index in [1.165, 1.54) is 83.5 Å². The van der Waals surface area contributed by atoms with Crippen LogP contribution < -0.4 is 11.1 Å². The van der Waals surface area contributed by atoms with Crippen molar-refractivity contribution in [2.24, 2.45) is 5.73 Å². The van der Waals surface area contributed by atoms with Crippen molar-refractivity contribution >= 4 is 13.7 Å². The number of carbonyl (C=O) groups is 1. The van der Waals surface area contributed by atoms with E-state index in [0.717, 1.165) is 64.2 Å². The molecule has 296 valence electrons. The fourth-order valence-electron chi connectivity index (χ4n) is 5.53. The lowest BCUT2D eigenvalue weighted by atomic mass is 10.0. The van der Waals surface area contributed by atoms with Gasteiger partial charge in [-0.25, -0.2) is 4.57 Å². The van der Waals surface area contributed by atoms with Crippen LogP contribution in [0.15, 0.2) is 60.8 Å². The zero-order chi connectivity index (χ0) is 37.5. The molecule has 8 nitrogen and oxygen atoms in total. The van der Waals surface area contributed by atoms with Crippen LogP contribution in [0, 0.1) is 0 Å². The first-order valence-electron chi connectivity index (χ1n) is 20.4. The molecular formula is C42H77N2O6P. The van der Waals surface area contributed by atoms with Crippen LogP contribution in [0.4, 0.5) is 0 Å². The number of hydrogen-bond donors (Lipinski definition) is 4. The maximum absolute atomic E-state index is 12.7. The summed E-state index contributed by atoms with van der Waals surface area (Å²) in [6, 6.07) is -0.862. The molecule has 0 heterocycles. The average molecular weight is 737 g/mol. The summed E-state index contributed by atoms with van der Waals surface area (Å²) in [5.41, 5.74) is 5.35. The number of carbonyl (C=O) groups excluding carboxylic acids is 1. The Kier molecular flexibility index (Phi) is 36.6. The van der Waals surface area contributed by atoms with Gasteiger partial charge in [-0.2, -0.15) is 0 Å². The Labute approximate surface area is 313 Å². The quantitative estimate of drug-likeness (QED) is 0.0284. The Balaban J connectivity index is 4.11. The van der Waals surface area contributed by atoms with Crippen LogP contribution in [-0.4, -0.2) is 47.8 Å². The number of phosphoric ester groups is 1. The fourth-order valence-corrected chi connectivity index (χ4v) is 6.29. The van der Waals surface area contributed by atoms with Crippen LogP contribution in [0.1, 0.15) is 168 Å². The first kappa shape index (κ1) is 49.2. The minimum atomic E-state index is -4.33. The van der Waals surface area contributed by atoms with E-state index in [2.05, 4.69) is 67.8 Å². The molecule has 0 saturated carbocycles. The highest BCUT2D eigenvalue weighted by Gasteiger charge is 2.26. The molecule has 0 aromatic rings. The molecule has 0 spiro atoms. The highest BCUT2D eigenvalue weighted by molar-refractivity contribution is 7.47. The number of aliphatic hydroxyl groups excluding tert-OH is 1. The second-order valence-corrected chi connectivity index (χ2v) is 14.9. The van der Waals surface area contributed by atoms with Crippen LogP contribution >= 0.6 is 7.82 Å². The summed E-state index contributed by atoms with van der Waals surface area (Å²) in [6.07, 6.45) is 47.0. The molecule has 51 heavy (non-hydrogen) atoms. The van der Waals surface area contributed by atoms with Gasteiger partial charge in [0.25, 0.3) is 0 Å². The Morgan fingerprint density at radius 3 is 1.67 bits per heavy atom. The van der Waals surface area contributed by atoms with Gasteiger partial charge in [0, 0.05) is 13.0 Å². The normalized spacial score (nSPS) is 14.8. The standard InChI is InChI=1S/C42H77N2O6P/c1-3-5-7-9-11-13-14-15-16-17-18-19-20-21-22-23-24-25-26-28-30-32-34-36-42(46)44-40(39-50-51(47,48)49-38-37-43)41(45)35-33-31-29-27-12-10-8-6-4-2/h5,7,11,13,15-16,18-19,33,35,40-41,45H,3-4,6,8-10,12,14,17,20-32,34,36-39,43H2,1-2H3,(H,44,46)(H,47,48)/b7-5-,13-11-,16-15-,19-18-,35-33+. The molecule has 0 aromatic carbocycles. The van der Waals surface area contributed by atoms with Crippen molar-refractivity contribution in [1.29, 1.82) is 0 Å².